The number of hydrogen-bond donors (Lipinski definition) is 1. The highest BCUT2D eigenvalue weighted by atomic mass is 16.6. The maximum atomic E-state index is 11.5. The second kappa shape index (κ2) is 5.87. The number of carbonyl (C=O) groups is 1. The lowest BCUT2D eigenvalue weighted by atomic mass is 10.2. The fraction of sp³-hybridized carbons (Fsp3) is 0.286. The lowest BCUT2D eigenvalue weighted by Crippen LogP contribution is -2.27. The van der Waals surface area contributed by atoms with Gasteiger partial charge in [-0.1, -0.05) is 12.1 Å². The Balaban J connectivity index is 2.71. The number of allylic oxidation sites excluding steroid dienone is 1. The summed E-state index contributed by atoms with van der Waals surface area (Å²) in [7, 11) is 0. The molecule has 0 aromatic heterocycles. The lowest BCUT2D eigenvalue weighted by molar-refractivity contribution is 0.0636. The molecule has 1 aromatic rings. The molecule has 18 heavy (non-hydrogen) atoms. The summed E-state index contributed by atoms with van der Waals surface area (Å²) in [5.74, 6) is 0. The van der Waals surface area contributed by atoms with Gasteiger partial charge in [0.05, 0.1) is 6.07 Å². The molecule has 0 saturated heterocycles. The molecule has 1 amide bonds. The minimum Gasteiger partial charge on any atom is -0.444 e. The van der Waals surface area contributed by atoms with E-state index in [1.165, 1.54) is 6.08 Å². The first-order valence-corrected chi connectivity index (χ1v) is 5.57. The maximum Gasteiger partial charge on any atom is 0.412 e. The van der Waals surface area contributed by atoms with Crippen LogP contribution in [0.15, 0.2) is 30.3 Å². The van der Waals surface area contributed by atoms with Gasteiger partial charge in [0.25, 0.3) is 0 Å². The second-order valence-electron chi connectivity index (χ2n) is 4.71. The first-order valence-electron chi connectivity index (χ1n) is 5.57. The summed E-state index contributed by atoms with van der Waals surface area (Å²) in [5.41, 5.74) is 0.942. The minimum atomic E-state index is -0.525. The summed E-state index contributed by atoms with van der Waals surface area (Å²) >= 11 is 0. The average molecular weight is 244 g/mol. The summed E-state index contributed by atoms with van der Waals surface area (Å²) in [5, 5.41) is 11.1. The Hall–Kier alpha value is -2.28. The first-order chi connectivity index (χ1) is 8.40. The van der Waals surface area contributed by atoms with Gasteiger partial charge in [-0.15, -0.1) is 0 Å². The van der Waals surface area contributed by atoms with Gasteiger partial charge in [0.1, 0.15) is 5.60 Å². The van der Waals surface area contributed by atoms with Crippen molar-refractivity contribution in [1.82, 2.24) is 0 Å². The standard InChI is InChI=1S/C14H16N2O2/c1-14(2,3)18-13(17)16-12-8-4-6-11(10-12)7-5-9-15/h4-8,10H,1-3H3,(H,16,17). The molecule has 4 heteroatoms. The summed E-state index contributed by atoms with van der Waals surface area (Å²) in [6, 6.07) is 9.07. The highest BCUT2D eigenvalue weighted by molar-refractivity contribution is 5.85. The second-order valence-corrected chi connectivity index (χ2v) is 4.71. The topological polar surface area (TPSA) is 62.1 Å². The van der Waals surface area contributed by atoms with Gasteiger partial charge in [0, 0.05) is 11.8 Å². The van der Waals surface area contributed by atoms with Crippen LogP contribution in [0.3, 0.4) is 0 Å². The van der Waals surface area contributed by atoms with Gasteiger partial charge >= 0.3 is 6.09 Å². The van der Waals surface area contributed by atoms with E-state index in [-0.39, 0.29) is 0 Å². The van der Waals surface area contributed by atoms with E-state index in [4.69, 9.17) is 10.00 Å². The molecular formula is C14H16N2O2. The number of hydrogen-bond acceptors (Lipinski definition) is 3. The Bertz CT molecular complexity index is 493. The molecule has 0 fully saturated rings. The summed E-state index contributed by atoms with van der Waals surface area (Å²) < 4.78 is 5.14. The smallest absolute Gasteiger partial charge is 0.412 e. The SMILES string of the molecule is CC(C)(C)OC(=O)Nc1cccc(C=CC#N)c1. The molecule has 0 heterocycles. The van der Waals surface area contributed by atoms with Gasteiger partial charge in [-0.05, 0) is 44.5 Å². The van der Waals surface area contributed by atoms with Crippen LogP contribution in [0.1, 0.15) is 26.3 Å². The van der Waals surface area contributed by atoms with Crippen molar-refractivity contribution in [2.45, 2.75) is 26.4 Å². The molecule has 0 aliphatic carbocycles. The van der Waals surface area contributed by atoms with Crippen LogP contribution in [0.4, 0.5) is 10.5 Å². The molecule has 0 atom stereocenters. The largest absolute Gasteiger partial charge is 0.444 e. The Morgan fingerprint density at radius 1 is 1.44 bits per heavy atom. The van der Waals surface area contributed by atoms with Crippen LogP contribution >= 0.6 is 0 Å². The number of nitriles is 1. The van der Waals surface area contributed by atoms with Crippen molar-refractivity contribution >= 4 is 17.9 Å². The fourth-order valence-electron chi connectivity index (χ4n) is 1.28. The number of nitrogens with zero attached hydrogens (tertiary/aromatic N) is 1. The number of rotatable bonds is 2. The molecule has 0 spiro atoms. The molecule has 1 aromatic carbocycles. The molecule has 4 nitrogen and oxygen atoms in total. The number of benzene rings is 1. The van der Waals surface area contributed by atoms with E-state index in [2.05, 4.69) is 5.32 Å². The highest BCUT2D eigenvalue weighted by Gasteiger charge is 2.15. The summed E-state index contributed by atoms with van der Waals surface area (Å²) in [6.45, 7) is 5.41. The molecule has 0 saturated carbocycles. The van der Waals surface area contributed by atoms with Crippen molar-refractivity contribution in [2.75, 3.05) is 5.32 Å². The monoisotopic (exact) mass is 244 g/mol. The number of nitrogens with one attached hydrogen (secondary N) is 1. The van der Waals surface area contributed by atoms with E-state index in [0.29, 0.717) is 5.69 Å². The zero-order valence-electron chi connectivity index (χ0n) is 10.7. The van der Waals surface area contributed by atoms with E-state index in [9.17, 15) is 4.79 Å². The average Bonchev–Trinajstić information content (AvgIpc) is 2.24. The van der Waals surface area contributed by atoms with E-state index in [1.807, 2.05) is 12.1 Å². The lowest BCUT2D eigenvalue weighted by Gasteiger charge is -2.19. The van der Waals surface area contributed by atoms with Crippen molar-refractivity contribution in [3.05, 3.63) is 35.9 Å². The molecule has 94 valence electrons. The Kier molecular flexibility index (Phi) is 4.50. The van der Waals surface area contributed by atoms with E-state index >= 15 is 0 Å². The molecule has 1 rings (SSSR count). The Morgan fingerprint density at radius 2 is 2.17 bits per heavy atom. The van der Waals surface area contributed by atoms with Crippen LogP contribution in [0.2, 0.25) is 0 Å². The fourth-order valence-corrected chi connectivity index (χ4v) is 1.28. The first kappa shape index (κ1) is 13.8. The van der Waals surface area contributed by atoms with Crippen LogP contribution in [-0.2, 0) is 4.74 Å². The van der Waals surface area contributed by atoms with Gasteiger partial charge in [-0.3, -0.25) is 5.32 Å². The van der Waals surface area contributed by atoms with Crippen molar-refractivity contribution in [3.8, 4) is 6.07 Å². The van der Waals surface area contributed by atoms with Gasteiger partial charge in [-0.25, -0.2) is 4.79 Å². The summed E-state index contributed by atoms with van der Waals surface area (Å²) in [6.07, 6.45) is 2.55. The zero-order valence-corrected chi connectivity index (χ0v) is 10.7. The van der Waals surface area contributed by atoms with Gasteiger partial charge in [0.2, 0.25) is 0 Å². The van der Waals surface area contributed by atoms with Gasteiger partial charge < -0.3 is 4.74 Å². The predicted octanol–water partition coefficient (Wildman–Crippen LogP) is 3.57. The van der Waals surface area contributed by atoms with Crippen molar-refractivity contribution in [1.29, 1.82) is 5.26 Å². The van der Waals surface area contributed by atoms with E-state index in [1.54, 1.807) is 45.0 Å². The molecule has 1 N–H and O–H groups in total. The number of ether oxygens (including phenoxy) is 1. The van der Waals surface area contributed by atoms with E-state index < -0.39 is 11.7 Å². The molecule has 0 bridgehead atoms. The molecular weight excluding hydrogens is 228 g/mol. The molecule has 0 radical (unpaired) electrons. The quantitative estimate of drug-likeness (QED) is 0.809. The summed E-state index contributed by atoms with van der Waals surface area (Å²) in [4.78, 5) is 11.5. The van der Waals surface area contributed by atoms with Gasteiger partial charge in [-0.2, -0.15) is 5.26 Å². The molecule has 0 aliphatic rings. The maximum absolute atomic E-state index is 11.5. The van der Waals surface area contributed by atoms with Crippen molar-refractivity contribution in [2.24, 2.45) is 0 Å². The number of carbonyl (C=O) groups excluding carboxylic acids is 1. The number of amides is 1. The third-order valence-electron chi connectivity index (χ3n) is 1.88. The zero-order chi connectivity index (χ0) is 13.6. The Labute approximate surface area is 107 Å². The van der Waals surface area contributed by atoms with Crippen molar-refractivity contribution < 1.29 is 9.53 Å². The van der Waals surface area contributed by atoms with Crippen LogP contribution < -0.4 is 5.32 Å². The third kappa shape index (κ3) is 5.17. The van der Waals surface area contributed by atoms with Crippen molar-refractivity contribution in [3.63, 3.8) is 0 Å². The van der Waals surface area contributed by atoms with Crippen LogP contribution in [-0.4, -0.2) is 11.7 Å². The highest BCUT2D eigenvalue weighted by Crippen LogP contribution is 2.14. The molecule has 0 aliphatic heterocycles. The normalized spacial score (nSPS) is 11.0. The van der Waals surface area contributed by atoms with Crippen LogP contribution in [0.25, 0.3) is 6.08 Å². The Morgan fingerprint density at radius 3 is 2.78 bits per heavy atom. The van der Waals surface area contributed by atoms with Gasteiger partial charge in [0.15, 0.2) is 0 Å². The minimum absolute atomic E-state index is 0.496. The molecule has 0 unspecified atom stereocenters. The van der Waals surface area contributed by atoms with Crippen LogP contribution in [0, 0.1) is 11.3 Å². The number of anilines is 1. The van der Waals surface area contributed by atoms with E-state index in [0.717, 1.165) is 5.56 Å². The van der Waals surface area contributed by atoms with Crippen LogP contribution in [0.5, 0.6) is 0 Å². The predicted molar refractivity (Wildman–Crippen MR) is 70.9 cm³/mol. The third-order valence-corrected chi connectivity index (χ3v) is 1.88.